The number of rotatable bonds is 4. The molecule has 0 aromatic heterocycles. The summed E-state index contributed by atoms with van der Waals surface area (Å²) in [6, 6.07) is 0. The molecule has 1 aliphatic heterocycles. The van der Waals surface area contributed by atoms with Gasteiger partial charge >= 0.3 is 5.97 Å². The lowest BCUT2D eigenvalue weighted by molar-refractivity contribution is -0.140. The van der Waals surface area contributed by atoms with E-state index in [9.17, 15) is 4.79 Å². The minimum Gasteiger partial charge on any atom is -0.469 e. The second-order valence-corrected chi connectivity index (χ2v) is 6.23. The van der Waals surface area contributed by atoms with E-state index in [-0.39, 0.29) is 5.97 Å². The molecule has 0 bridgehead atoms. The first-order valence-corrected chi connectivity index (χ1v) is 6.83. The van der Waals surface area contributed by atoms with Gasteiger partial charge in [0.1, 0.15) is 0 Å². The van der Waals surface area contributed by atoms with Crippen molar-refractivity contribution in [3.05, 3.63) is 0 Å². The Bertz CT molecular complexity index is 175. The zero-order valence-electron chi connectivity index (χ0n) is 7.56. The summed E-state index contributed by atoms with van der Waals surface area (Å²) in [5.74, 6) is 2.00. The van der Waals surface area contributed by atoms with E-state index in [1.165, 1.54) is 12.9 Å². The van der Waals surface area contributed by atoms with Crippen LogP contribution in [0, 0.1) is 0 Å². The molecule has 1 fully saturated rings. The topological polar surface area (TPSA) is 26.3 Å². The van der Waals surface area contributed by atoms with Crippen LogP contribution in [0.25, 0.3) is 0 Å². The summed E-state index contributed by atoms with van der Waals surface area (Å²) in [7, 11) is 1.44. The Morgan fingerprint density at radius 3 is 3.00 bits per heavy atom. The monoisotopic (exact) mass is 238 g/mol. The quantitative estimate of drug-likeness (QED) is 0.599. The molecule has 1 saturated heterocycles. The highest BCUT2D eigenvalue weighted by atomic mass is 32.2. The van der Waals surface area contributed by atoms with Gasteiger partial charge in [-0.05, 0) is 6.42 Å². The normalized spacial score (nSPS) is 27.5. The largest absolute Gasteiger partial charge is 0.469 e. The van der Waals surface area contributed by atoms with E-state index in [4.69, 9.17) is 0 Å². The van der Waals surface area contributed by atoms with Crippen molar-refractivity contribution in [2.75, 3.05) is 18.6 Å². The Kier molecular flexibility index (Phi) is 5.43. The Balaban J connectivity index is 2.13. The van der Waals surface area contributed by atoms with Crippen molar-refractivity contribution in [1.29, 1.82) is 0 Å². The number of hydrogen-bond acceptors (Lipinski definition) is 5. The molecule has 2 unspecified atom stereocenters. The van der Waals surface area contributed by atoms with Gasteiger partial charge in [-0.3, -0.25) is 4.79 Å². The van der Waals surface area contributed by atoms with E-state index >= 15 is 0 Å². The van der Waals surface area contributed by atoms with E-state index in [0.29, 0.717) is 16.3 Å². The van der Waals surface area contributed by atoms with Crippen molar-refractivity contribution in [3.63, 3.8) is 0 Å². The summed E-state index contributed by atoms with van der Waals surface area (Å²) in [4.78, 5) is 10.9. The summed E-state index contributed by atoms with van der Waals surface area (Å²) >= 11 is 8.13. The van der Waals surface area contributed by atoms with E-state index in [1.807, 2.05) is 23.5 Å². The average molecular weight is 238 g/mol. The summed E-state index contributed by atoms with van der Waals surface area (Å²) in [5, 5.41) is 0.663. The van der Waals surface area contributed by atoms with Crippen LogP contribution in [-0.2, 0) is 9.53 Å². The Hall–Kier alpha value is 0.520. The Labute approximate surface area is 93.0 Å². The molecule has 0 N–H and O–H groups in total. The van der Waals surface area contributed by atoms with Crippen LogP contribution in [0.2, 0.25) is 0 Å². The molecule has 1 rings (SSSR count). The number of esters is 1. The number of carbonyl (C=O) groups excluding carboxylic acids is 1. The molecule has 0 saturated carbocycles. The van der Waals surface area contributed by atoms with Crippen molar-refractivity contribution in [2.24, 2.45) is 0 Å². The molecule has 5 heteroatoms. The van der Waals surface area contributed by atoms with Gasteiger partial charge in [0.15, 0.2) is 0 Å². The molecular formula is C8H14O2S3. The molecule has 0 aromatic carbocycles. The third-order valence-corrected chi connectivity index (χ3v) is 5.93. The number of thioether (sulfide) groups is 2. The zero-order valence-corrected chi connectivity index (χ0v) is 10.1. The molecule has 76 valence electrons. The summed E-state index contributed by atoms with van der Waals surface area (Å²) in [6.45, 7) is 0. The third kappa shape index (κ3) is 4.04. The molecule has 2 atom stereocenters. The van der Waals surface area contributed by atoms with Crippen molar-refractivity contribution in [3.8, 4) is 0 Å². The first-order valence-electron chi connectivity index (χ1n) is 4.21. The van der Waals surface area contributed by atoms with Crippen LogP contribution in [0.3, 0.4) is 0 Å². The fourth-order valence-corrected chi connectivity index (χ4v) is 4.83. The SMILES string of the molecule is COC(=O)CCC1SCC(CS)S1. The number of methoxy groups -OCH3 is 1. The Morgan fingerprint density at radius 1 is 1.69 bits per heavy atom. The molecule has 0 aliphatic carbocycles. The molecule has 1 aliphatic rings. The van der Waals surface area contributed by atoms with Crippen LogP contribution < -0.4 is 0 Å². The number of hydrogen-bond donors (Lipinski definition) is 1. The van der Waals surface area contributed by atoms with Gasteiger partial charge in [-0.1, -0.05) is 0 Å². The van der Waals surface area contributed by atoms with E-state index in [0.717, 1.165) is 12.2 Å². The number of carbonyl (C=O) groups is 1. The summed E-state index contributed by atoms with van der Waals surface area (Å²) in [5.41, 5.74) is 0. The lowest BCUT2D eigenvalue weighted by Gasteiger charge is -2.07. The second kappa shape index (κ2) is 6.09. The van der Waals surface area contributed by atoms with Crippen LogP contribution in [0.1, 0.15) is 12.8 Å². The lowest BCUT2D eigenvalue weighted by Crippen LogP contribution is -2.05. The van der Waals surface area contributed by atoms with Crippen molar-refractivity contribution >= 4 is 42.1 Å². The first-order chi connectivity index (χ1) is 6.26. The van der Waals surface area contributed by atoms with Gasteiger partial charge in [0, 0.05) is 23.2 Å². The van der Waals surface area contributed by atoms with Crippen LogP contribution in [0.5, 0.6) is 0 Å². The van der Waals surface area contributed by atoms with Gasteiger partial charge in [0.25, 0.3) is 0 Å². The maximum atomic E-state index is 10.9. The highest BCUT2D eigenvalue weighted by Crippen LogP contribution is 2.40. The van der Waals surface area contributed by atoms with Crippen LogP contribution in [0.15, 0.2) is 0 Å². The minimum absolute atomic E-state index is 0.101. The molecule has 1 heterocycles. The molecule has 0 spiro atoms. The Morgan fingerprint density at radius 2 is 2.46 bits per heavy atom. The van der Waals surface area contributed by atoms with Crippen LogP contribution in [0.4, 0.5) is 0 Å². The van der Waals surface area contributed by atoms with Crippen LogP contribution in [-0.4, -0.2) is 34.4 Å². The average Bonchev–Trinajstić information content (AvgIpc) is 2.61. The maximum Gasteiger partial charge on any atom is 0.305 e. The molecule has 0 aromatic rings. The van der Waals surface area contributed by atoms with Crippen LogP contribution >= 0.6 is 36.2 Å². The van der Waals surface area contributed by atoms with Gasteiger partial charge in [-0.15, -0.1) is 23.5 Å². The standard InChI is InChI=1S/C8H14O2S3/c1-10-7(9)2-3-8-12-5-6(4-11)13-8/h6,8,11H,2-5H2,1H3. The maximum absolute atomic E-state index is 10.9. The molecule has 2 nitrogen and oxygen atoms in total. The van der Waals surface area contributed by atoms with Gasteiger partial charge in [0.2, 0.25) is 0 Å². The first kappa shape index (κ1) is 11.6. The second-order valence-electron chi connectivity index (χ2n) is 2.82. The van der Waals surface area contributed by atoms with E-state index in [2.05, 4.69) is 17.4 Å². The lowest BCUT2D eigenvalue weighted by atomic mass is 10.3. The smallest absolute Gasteiger partial charge is 0.305 e. The van der Waals surface area contributed by atoms with Crippen molar-refractivity contribution < 1.29 is 9.53 Å². The van der Waals surface area contributed by atoms with E-state index in [1.54, 1.807) is 0 Å². The predicted molar refractivity (Wildman–Crippen MR) is 62.7 cm³/mol. The van der Waals surface area contributed by atoms with Gasteiger partial charge in [-0.25, -0.2) is 0 Å². The molecule has 13 heavy (non-hydrogen) atoms. The van der Waals surface area contributed by atoms with Crippen molar-refractivity contribution in [2.45, 2.75) is 22.7 Å². The fraction of sp³-hybridized carbons (Fsp3) is 0.875. The number of ether oxygens (including phenoxy) is 1. The van der Waals surface area contributed by atoms with E-state index < -0.39 is 0 Å². The molecule has 0 amide bonds. The van der Waals surface area contributed by atoms with Crippen molar-refractivity contribution in [1.82, 2.24) is 0 Å². The fourth-order valence-electron chi connectivity index (χ4n) is 1.09. The number of thiol groups is 1. The highest BCUT2D eigenvalue weighted by molar-refractivity contribution is 8.20. The predicted octanol–water partition coefficient (Wildman–Crippen LogP) is 2.04. The zero-order chi connectivity index (χ0) is 9.68. The third-order valence-electron chi connectivity index (χ3n) is 1.83. The highest BCUT2D eigenvalue weighted by Gasteiger charge is 2.25. The molecule has 0 radical (unpaired) electrons. The molecular weight excluding hydrogens is 224 g/mol. The summed E-state index contributed by atoms with van der Waals surface area (Å²) < 4.78 is 5.16. The van der Waals surface area contributed by atoms with Gasteiger partial charge in [-0.2, -0.15) is 12.6 Å². The summed E-state index contributed by atoms with van der Waals surface area (Å²) in [6.07, 6.45) is 1.47. The van der Waals surface area contributed by atoms with Gasteiger partial charge in [0.05, 0.1) is 11.7 Å². The van der Waals surface area contributed by atoms with Gasteiger partial charge < -0.3 is 4.74 Å². The minimum atomic E-state index is -0.101.